The van der Waals surface area contributed by atoms with Crippen LogP contribution >= 0.6 is 0 Å². The third kappa shape index (κ3) is 4.57. The SMILES string of the molecule is CC(c1ccc(C(=O)N(C)c2c(-c3ccn[nH]3)ccnc2N2CCC(F)(F)C2)cn1)C(F)(F)F. The minimum atomic E-state index is -4.46. The Morgan fingerprint density at radius 2 is 1.94 bits per heavy atom. The number of nitrogens with zero attached hydrogens (tertiary/aromatic N) is 5. The summed E-state index contributed by atoms with van der Waals surface area (Å²) in [5, 5.41) is 6.71. The first-order valence-electron chi connectivity index (χ1n) is 10.4. The molecule has 1 amide bonds. The summed E-state index contributed by atoms with van der Waals surface area (Å²) in [6, 6.07) is 5.70. The molecule has 1 unspecified atom stereocenters. The molecule has 7 nitrogen and oxygen atoms in total. The van der Waals surface area contributed by atoms with Crippen LogP contribution in [0.25, 0.3) is 11.3 Å². The number of aromatic nitrogens is 4. The van der Waals surface area contributed by atoms with E-state index in [1.165, 1.54) is 35.3 Å². The van der Waals surface area contributed by atoms with Crippen LogP contribution in [0.1, 0.15) is 35.3 Å². The Balaban J connectivity index is 1.72. The number of H-pyrrole nitrogens is 1. The highest BCUT2D eigenvalue weighted by atomic mass is 19.4. The Morgan fingerprint density at radius 3 is 2.50 bits per heavy atom. The third-order valence-electron chi connectivity index (χ3n) is 5.77. The minimum absolute atomic E-state index is 0.0396. The number of amides is 1. The average molecular weight is 480 g/mol. The van der Waals surface area contributed by atoms with E-state index in [1.807, 2.05) is 0 Å². The first kappa shape index (κ1) is 23.6. The summed E-state index contributed by atoms with van der Waals surface area (Å²) in [5.41, 5.74) is 1.13. The molecule has 1 fully saturated rings. The molecule has 0 aromatic carbocycles. The van der Waals surface area contributed by atoms with Gasteiger partial charge in [0.25, 0.3) is 11.8 Å². The number of carbonyl (C=O) groups excluding carboxylic acids is 1. The molecule has 0 bridgehead atoms. The fraction of sp³-hybridized carbons (Fsp3) is 0.364. The predicted molar refractivity (Wildman–Crippen MR) is 115 cm³/mol. The van der Waals surface area contributed by atoms with Crippen molar-refractivity contribution in [2.24, 2.45) is 0 Å². The van der Waals surface area contributed by atoms with E-state index < -0.39 is 30.5 Å². The van der Waals surface area contributed by atoms with Gasteiger partial charge in [-0.15, -0.1) is 0 Å². The fourth-order valence-electron chi connectivity index (χ4n) is 3.80. The molecule has 1 atom stereocenters. The van der Waals surface area contributed by atoms with Crippen LogP contribution in [0.15, 0.2) is 42.9 Å². The lowest BCUT2D eigenvalue weighted by Gasteiger charge is -2.27. The van der Waals surface area contributed by atoms with E-state index in [9.17, 15) is 26.7 Å². The normalized spacial score (nSPS) is 16.5. The number of hydrogen-bond acceptors (Lipinski definition) is 5. The molecule has 3 aromatic rings. The summed E-state index contributed by atoms with van der Waals surface area (Å²) >= 11 is 0. The number of halogens is 5. The van der Waals surface area contributed by atoms with Gasteiger partial charge in [0.2, 0.25) is 0 Å². The van der Waals surface area contributed by atoms with E-state index in [-0.39, 0.29) is 35.7 Å². The predicted octanol–water partition coefficient (Wildman–Crippen LogP) is 4.65. The van der Waals surface area contributed by atoms with E-state index in [0.29, 0.717) is 11.3 Å². The number of aromatic amines is 1. The summed E-state index contributed by atoms with van der Waals surface area (Å²) in [4.78, 5) is 24.0. The van der Waals surface area contributed by atoms with Crippen molar-refractivity contribution in [2.75, 3.05) is 29.9 Å². The van der Waals surface area contributed by atoms with Crippen molar-refractivity contribution in [2.45, 2.75) is 31.4 Å². The number of anilines is 2. The van der Waals surface area contributed by atoms with Crippen LogP contribution < -0.4 is 9.80 Å². The summed E-state index contributed by atoms with van der Waals surface area (Å²) in [6.07, 6.45) is -0.764. The maximum absolute atomic E-state index is 13.9. The lowest BCUT2D eigenvalue weighted by molar-refractivity contribution is -0.147. The summed E-state index contributed by atoms with van der Waals surface area (Å²) in [5.74, 6) is -5.07. The molecular formula is C22H21F5N6O. The van der Waals surface area contributed by atoms with Gasteiger partial charge in [-0.25, -0.2) is 13.8 Å². The average Bonchev–Trinajstić information content (AvgIpc) is 3.46. The van der Waals surface area contributed by atoms with E-state index >= 15 is 0 Å². The van der Waals surface area contributed by atoms with Crippen LogP contribution in [0.3, 0.4) is 0 Å². The quantitative estimate of drug-likeness (QED) is 0.538. The maximum Gasteiger partial charge on any atom is 0.396 e. The van der Waals surface area contributed by atoms with Gasteiger partial charge in [-0.1, -0.05) is 0 Å². The molecule has 1 aliphatic rings. The third-order valence-corrected chi connectivity index (χ3v) is 5.77. The number of carbonyl (C=O) groups is 1. The summed E-state index contributed by atoms with van der Waals surface area (Å²) in [7, 11) is 1.45. The zero-order valence-electron chi connectivity index (χ0n) is 18.3. The van der Waals surface area contributed by atoms with Crippen molar-refractivity contribution < 1.29 is 26.7 Å². The molecule has 1 saturated heterocycles. The van der Waals surface area contributed by atoms with Crippen molar-refractivity contribution in [3.05, 3.63) is 54.1 Å². The molecule has 4 heterocycles. The van der Waals surface area contributed by atoms with E-state index in [2.05, 4.69) is 20.2 Å². The van der Waals surface area contributed by atoms with Crippen LogP contribution in [0.4, 0.5) is 33.5 Å². The van der Waals surface area contributed by atoms with Gasteiger partial charge < -0.3 is 9.80 Å². The van der Waals surface area contributed by atoms with Crippen molar-refractivity contribution in [3.63, 3.8) is 0 Å². The molecular weight excluding hydrogens is 459 g/mol. The standard InChI is InChI=1S/C22H21F5N6O/c1-13(22(25,26)27)16-4-3-14(11-29-16)20(34)32(2)18-15(17-6-9-30-31-17)5-8-28-19(18)33-10-7-21(23,24)12-33/h3-6,8-9,11,13H,7,10,12H2,1-2H3,(H,30,31). The van der Waals surface area contributed by atoms with Crippen LogP contribution in [-0.4, -0.2) is 58.3 Å². The molecule has 1 N–H and O–H groups in total. The van der Waals surface area contributed by atoms with Crippen LogP contribution in [0.2, 0.25) is 0 Å². The van der Waals surface area contributed by atoms with Gasteiger partial charge in [-0.05, 0) is 31.2 Å². The Morgan fingerprint density at radius 1 is 1.18 bits per heavy atom. The Labute approximate surface area is 191 Å². The molecule has 12 heteroatoms. The highest BCUT2D eigenvalue weighted by Crippen LogP contribution is 2.40. The van der Waals surface area contributed by atoms with Crippen molar-refractivity contribution >= 4 is 17.4 Å². The van der Waals surface area contributed by atoms with E-state index in [4.69, 9.17) is 0 Å². The van der Waals surface area contributed by atoms with Crippen LogP contribution in [0.5, 0.6) is 0 Å². The number of rotatable bonds is 5. The smallest absolute Gasteiger partial charge is 0.349 e. The van der Waals surface area contributed by atoms with Gasteiger partial charge in [0.15, 0.2) is 5.82 Å². The lowest BCUT2D eigenvalue weighted by atomic mass is 10.1. The van der Waals surface area contributed by atoms with Crippen molar-refractivity contribution in [1.29, 1.82) is 0 Å². The number of hydrogen-bond donors (Lipinski definition) is 1. The second-order valence-corrected chi connectivity index (χ2v) is 8.13. The van der Waals surface area contributed by atoms with Gasteiger partial charge in [-0.2, -0.15) is 18.3 Å². The van der Waals surface area contributed by atoms with Crippen molar-refractivity contribution in [3.8, 4) is 11.3 Å². The van der Waals surface area contributed by atoms with Crippen LogP contribution in [0, 0.1) is 0 Å². The Kier molecular flexibility index (Phi) is 6.00. The maximum atomic E-state index is 13.9. The van der Waals surface area contributed by atoms with Gasteiger partial charge in [0, 0.05) is 44.2 Å². The highest BCUT2D eigenvalue weighted by Gasteiger charge is 2.41. The Hall–Kier alpha value is -3.57. The molecule has 4 rings (SSSR count). The molecule has 3 aromatic heterocycles. The first-order chi connectivity index (χ1) is 16.0. The summed E-state index contributed by atoms with van der Waals surface area (Å²) in [6.45, 7) is 0.487. The monoisotopic (exact) mass is 480 g/mol. The first-order valence-corrected chi connectivity index (χ1v) is 10.4. The highest BCUT2D eigenvalue weighted by molar-refractivity contribution is 6.09. The molecule has 34 heavy (non-hydrogen) atoms. The molecule has 1 aliphatic heterocycles. The topological polar surface area (TPSA) is 78.0 Å². The molecule has 0 aliphatic carbocycles. The second kappa shape index (κ2) is 8.65. The number of nitrogens with one attached hydrogen (secondary N) is 1. The Bertz CT molecular complexity index is 1160. The van der Waals surface area contributed by atoms with Crippen molar-refractivity contribution in [1.82, 2.24) is 20.2 Å². The summed E-state index contributed by atoms with van der Waals surface area (Å²) < 4.78 is 66.8. The number of pyridine rings is 2. The molecule has 0 spiro atoms. The molecule has 0 saturated carbocycles. The van der Waals surface area contributed by atoms with Gasteiger partial charge in [0.05, 0.1) is 35.1 Å². The van der Waals surface area contributed by atoms with Crippen LogP contribution in [-0.2, 0) is 0 Å². The molecule has 0 radical (unpaired) electrons. The molecule has 180 valence electrons. The number of alkyl halides is 5. The van der Waals surface area contributed by atoms with E-state index in [1.54, 1.807) is 12.1 Å². The van der Waals surface area contributed by atoms with Gasteiger partial charge in [0.1, 0.15) is 0 Å². The largest absolute Gasteiger partial charge is 0.396 e. The zero-order valence-corrected chi connectivity index (χ0v) is 18.3. The lowest BCUT2D eigenvalue weighted by Crippen LogP contribution is -2.32. The van der Waals surface area contributed by atoms with Gasteiger partial charge >= 0.3 is 6.18 Å². The zero-order chi connectivity index (χ0) is 24.7. The second-order valence-electron chi connectivity index (χ2n) is 8.13. The fourth-order valence-corrected chi connectivity index (χ4v) is 3.80. The van der Waals surface area contributed by atoms with E-state index in [0.717, 1.165) is 19.2 Å². The minimum Gasteiger partial charge on any atom is -0.349 e. The van der Waals surface area contributed by atoms with Gasteiger partial charge in [-0.3, -0.25) is 14.9 Å².